The average molecular weight is 584 g/mol. The van der Waals surface area contributed by atoms with Crippen LogP contribution in [0.5, 0.6) is 11.5 Å². The average Bonchev–Trinajstić information content (AvgIpc) is 2.88. The fraction of sp³-hybridized carbons (Fsp3) is 0.179. The molecule has 0 bridgehead atoms. The summed E-state index contributed by atoms with van der Waals surface area (Å²) in [6.07, 6.45) is 1.41. The van der Waals surface area contributed by atoms with Crippen molar-refractivity contribution in [1.29, 1.82) is 5.26 Å². The number of esters is 1. The number of hydrogen-bond donors (Lipinski definition) is 1. The van der Waals surface area contributed by atoms with Crippen molar-refractivity contribution in [2.75, 3.05) is 18.5 Å². The number of carbonyl (C=O) groups is 2. The lowest BCUT2D eigenvalue weighted by Gasteiger charge is -2.15. The van der Waals surface area contributed by atoms with Crippen LogP contribution >= 0.6 is 27.5 Å². The highest BCUT2D eigenvalue weighted by Crippen LogP contribution is 2.38. The van der Waals surface area contributed by atoms with Gasteiger partial charge in [-0.2, -0.15) is 5.26 Å². The first-order valence-electron chi connectivity index (χ1n) is 11.4. The first kappa shape index (κ1) is 27.8. The van der Waals surface area contributed by atoms with E-state index in [1.165, 1.54) is 18.2 Å². The van der Waals surface area contributed by atoms with E-state index in [1.54, 1.807) is 31.2 Å². The summed E-state index contributed by atoms with van der Waals surface area (Å²) in [5.41, 5.74) is 2.08. The number of amides is 1. The van der Waals surface area contributed by atoms with Crippen molar-refractivity contribution in [3.8, 4) is 17.6 Å². The van der Waals surface area contributed by atoms with Crippen molar-refractivity contribution in [1.82, 2.24) is 0 Å². The van der Waals surface area contributed by atoms with Crippen molar-refractivity contribution in [3.05, 3.63) is 92.4 Å². The second kappa shape index (κ2) is 13.5. The molecule has 0 radical (unpaired) electrons. The molecule has 0 aromatic heterocycles. The molecule has 0 saturated heterocycles. The van der Waals surface area contributed by atoms with Crippen LogP contribution < -0.4 is 14.8 Å². The van der Waals surface area contributed by atoms with Crippen LogP contribution in [-0.4, -0.2) is 25.1 Å². The van der Waals surface area contributed by atoms with Gasteiger partial charge in [-0.1, -0.05) is 39.7 Å². The van der Waals surface area contributed by atoms with Crippen molar-refractivity contribution in [2.45, 2.75) is 20.5 Å². The van der Waals surface area contributed by atoms with Gasteiger partial charge in [-0.15, -0.1) is 0 Å². The summed E-state index contributed by atoms with van der Waals surface area (Å²) in [4.78, 5) is 24.5. The number of nitrogens with zero attached hydrogens (tertiary/aromatic N) is 1. The van der Waals surface area contributed by atoms with Gasteiger partial charge in [0.2, 0.25) is 0 Å². The Morgan fingerprint density at radius 2 is 1.73 bits per heavy atom. The number of benzene rings is 3. The van der Waals surface area contributed by atoms with Gasteiger partial charge in [0.25, 0.3) is 5.91 Å². The van der Waals surface area contributed by atoms with Crippen LogP contribution in [0.2, 0.25) is 5.02 Å². The van der Waals surface area contributed by atoms with E-state index < -0.39 is 11.9 Å². The Labute approximate surface area is 228 Å². The molecule has 0 atom stereocenters. The van der Waals surface area contributed by atoms with E-state index in [0.717, 1.165) is 10.0 Å². The summed E-state index contributed by atoms with van der Waals surface area (Å²) >= 11 is 9.90. The molecule has 3 aromatic carbocycles. The van der Waals surface area contributed by atoms with Gasteiger partial charge in [0, 0.05) is 10.2 Å². The standard InChI is InChI=1S/C28H24BrClN2O5/c1-3-35-25-15-19(14-24(30)26(25)37-17-18-5-9-22(29)10-6-18)13-21(16-31)27(33)32-23-11-7-20(8-12-23)28(34)36-4-2/h5-15H,3-4,17H2,1-2H3,(H,32,33)/b21-13+. The third-order valence-corrected chi connectivity index (χ3v) is 5.77. The lowest BCUT2D eigenvalue weighted by molar-refractivity contribution is -0.112. The zero-order chi connectivity index (χ0) is 26.8. The maximum atomic E-state index is 12.7. The second-order valence-corrected chi connectivity index (χ2v) is 8.92. The first-order chi connectivity index (χ1) is 17.8. The quantitative estimate of drug-likeness (QED) is 0.160. The summed E-state index contributed by atoms with van der Waals surface area (Å²) in [5.74, 6) is -0.306. The van der Waals surface area contributed by atoms with Crippen molar-refractivity contribution < 1.29 is 23.8 Å². The lowest BCUT2D eigenvalue weighted by atomic mass is 10.1. The highest BCUT2D eigenvalue weighted by atomic mass is 79.9. The number of nitrogens with one attached hydrogen (secondary N) is 1. The van der Waals surface area contributed by atoms with Crippen LogP contribution in [0.15, 0.2) is 70.7 Å². The van der Waals surface area contributed by atoms with Crippen molar-refractivity contribution in [2.24, 2.45) is 0 Å². The van der Waals surface area contributed by atoms with Gasteiger partial charge in [0.05, 0.1) is 23.8 Å². The van der Waals surface area contributed by atoms with E-state index in [9.17, 15) is 14.9 Å². The molecule has 0 aliphatic rings. The SMILES string of the molecule is CCOC(=O)c1ccc(NC(=O)/C(C#N)=C/c2cc(Cl)c(OCc3ccc(Br)cc3)c(OCC)c2)cc1. The van der Waals surface area contributed by atoms with Crippen LogP contribution in [0.1, 0.15) is 35.3 Å². The number of carbonyl (C=O) groups excluding carboxylic acids is 2. The molecule has 3 aromatic rings. The van der Waals surface area contributed by atoms with Crippen LogP contribution in [0, 0.1) is 11.3 Å². The molecule has 190 valence electrons. The number of hydrogen-bond acceptors (Lipinski definition) is 6. The molecule has 0 fully saturated rings. The van der Waals surface area contributed by atoms with Gasteiger partial charge >= 0.3 is 5.97 Å². The van der Waals surface area contributed by atoms with E-state index in [1.807, 2.05) is 37.3 Å². The van der Waals surface area contributed by atoms with E-state index in [-0.39, 0.29) is 23.8 Å². The zero-order valence-corrected chi connectivity index (χ0v) is 22.6. The van der Waals surface area contributed by atoms with E-state index in [0.29, 0.717) is 34.9 Å². The van der Waals surface area contributed by atoms with Gasteiger partial charge in [0.15, 0.2) is 11.5 Å². The molecule has 1 N–H and O–H groups in total. The van der Waals surface area contributed by atoms with Gasteiger partial charge < -0.3 is 19.5 Å². The summed E-state index contributed by atoms with van der Waals surface area (Å²) in [6, 6.07) is 19.0. The van der Waals surface area contributed by atoms with E-state index >= 15 is 0 Å². The number of halogens is 2. The minimum atomic E-state index is -0.615. The number of nitriles is 1. The Morgan fingerprint density at radius 1 is 1.03 bits per heavy atom. The molecule has 9 heteroatoms. The third kappa shape index (κ3) is 7.84. The Kier molecular flexibility index (Phi) is 10.1. The van der Waals surface area contributed by atoms with Crippen LogP contribution in [-0.2, 0) is 16.1 Å². The van der Waals surface area contributed by atoms with Crippen molar-refractivity contribution >= 4 is 51.2 Å². The lowest BCUT2D eigenvalue weighted by Crippen LogP contribution is -2.13. The first-order valence-corrected chi connectivity index (χ1v) is 12.6. The summed E-state index contributed by atoms with van der Waals surface area (Å²) in [6.45, 7) is 4.46. The predicted molar refractivity (Wildman–Crippen MR) is 146 cm³/mol. The second-order valence-electron chi connectivity index (χ2n) is 7.60. The summed E-state index contributed by atoms with van der Waals surface area (Å²) in [7, 11) is 0. The Hall–Kier alpha value is -3.80. The van der Waals surface area contributed by atoms with Crippen LogP contribution in [0.25, 0.3) is 6.08 Å². The maximum Gasteiger partial charge on any atom is 0.338 e. The van der Waals surface area contributed by atoms with E-state index in [4.69, 9.17) is 25.8 Å². The summed E-state index contributed by atoms with van der Waals surface area (Å²) in [5, 5.41) is 12.5. The molecular formula is C28H24BrClN2O5. The molecule has 0 aliphatic carbocycles. The molecule has 0 unspecified atom stereocenters. The molecule has 3 rings (SSSR count). The minimum absolute atomic E-state index is 0.142. The summed E-state index contributed by atoms with van der Waals surface area (Å²) < 4.78 is 17.6. The highest BCUT2D eigenvalue weighted by Gasteiger charge is 2.15. The van der Waals surface area contributed by atoms with Gasteiger partial charge in [-0.25, -0.2) is 4.79 Å². The molecule has 0 heterocycles. The fourth-order valence-electron chi connectivity index (χ4n) is 3.23. The normalized spacial score (nSPS) is 10.8. The largest absolute Gasteiger partial charge is 0.490 e. The number of rotatable bonds is 10. The minimum Gasteiger partial charge on any atom is -0.490 e. The number of anilines is 1. The third-order valence-electron chi connectivity index (χ3n) is 4.96. The smallest absolute Gasteiger partial charge is 0.338 e. The molecule has 7 nitrogen and oxygen atoms in total. The zero-order valence-electron chi connectivity index (χ0n) is 20.2. The van der Waals surface area contributed by atoms with Gasteiger partial charge in [0.1, 0.15) is 18.2 Å². The van der Waals surface area contributed by atoms with E-state index in [2.05, 4.69) is 21.2 Å². The van der Waals surface area contributed by atoms with Crippen molar-refractivity contribution in [3.63, 3.8) is 0 Å². The molecule has 37 heavy (non-hydrogen) atoms. The molecule has 0 saturated carbocycles. The predicted octanol–water partition coefficient (Wildman–Crippen LogP) is 6.80. The van der Waals surface area contributed by atoms with Gasteiger partial charge in [-0.05, 0) is 79.6 Å². The molecule has 1 amide bonds. The Bertz CT molecular complexity index is 1330. The molecular weight excluding hydrogens is 560 g/mol. The number of ether oxygens (including phenoxy) is 3. The maximum absolute atomic E-state index is 12.7. The monoisotopic (exact) mass is 582 g/mol. The Balaban J connectivity index is 1.78. The van der Waals surface area contributed by atoms with Crippen LogP contribution in [0.3, 0.4) is 0 Å². The highest BCUT2D eigenvalue weighted by molar-refractivity contribution is 9.10. The fourth-order valence-corrected chi connectivity index (χ4v) is 3.77. The van der Waals surface area contributed by atoms with Gasteiger partial charge in [-0.3, -0.25) is 4.79 Å². The Morgan fingerprint density at radius 3 is 2.35 bits per heavy atom. The topological polar surface area (TPSA) is 97.7 Å². The molecule has 0 aliphatic heterocycles. The van der Waals surface area contributed by atoms with Crippen LogP contribution in [0.4, 0.5) is 5.69 Å². The molecule has 0 spiro atoms.